The van der Waals surface area contributed by atoms with Crippen LogP contribution in [-0.4, -0.2) is 23.5 Å². The lowest BCUT2D eigenvalue weighted by Gasteiger charge is -2.24. The van der Waals surface area contributed by atoms with Crippen molar-refractivity contribution in [3.05, 3.63) is 0 Å². The van der Waals surface area contributed by atoms with E-state index in [9.17, 15) is 14.7 Å². The molecule has 98 valence electrons. The summed E-state index contributed by atoms with van der Waals surface area (Å²) in [5, 5.41) is 12.1. The molecule has 0 saturated heterocycles. The Morgan fingerprint density at radius 2 is 1.76 bits per heavy atom. The molecule has 17 heavy (non-hydrogen) atoms. The van der Waals surface area contributed by atoms with E-state index < -0.39 is 11.4 Å². The van der Waals surface area contributed by atoms with Crippen molar-refractivity contribution >= 4 is 11.9 Å². The monoisotopic (exact) mass is 241 g/mol. The van der Waals surface area contributed by atoms with E-state index in [2.05, 4.69) is 5.32 Å². The first-order valence-electron chi connectivity index (χ1n) is 6.25. The fourth-order valence-corrected chi connectivity index (χ4v) is 2.25. The number of carboxylic acid groups (broad SMARTS) is 1. The van der Waals surface area contributed by atoms with Gasteiger partial charge < -0.3 is 10.4 Å². The first kappa shape index (κ1) is 14.0. The molecular weight excluding hydrogens is 218 g/mol. The molecule has 2 N–H and O–H groups in total. The molecule has 1 rings (SSSR count). The Labute approximate surface area is 103 Å². The van der Waals surface area contributed by atoms with Crippen LogP contribution in [0.5, 0.6) is 0 Å². The number of nitrogens with one attached hydrogen (secondary N) is 1. The molecule has 0 spiro atoms. The molecule has 0 bridgehead atoms. The zero-order valence-electron chi connectivity index (χ0n) is 11.0. The third-order valence-electron chi connectivity index (χ3n) is 3.33. The zero-order chi connectivity index (χ0) is 13.1. The Morgan fingerprint density at radius 1 is 1.24 bits per heavy atom. The summed E-state index contributed by atoms with van der Waals surface area (Å²) in [5.74, 6) is -0.954. The van der Waals surface area contributed by atoms with Crippen molar-refractivity contribution in [1.29, 1.82) is 0 Å². The molecule has 1 aliphatic carbocycles. The van der Waals surface area contributed by atoms with Gasteiger partial charge in [-0.25, -0.2) is 0 Å². The van der Waals surface area contributed by atoms with Crippen LogP contribution in [0.25, 0.3) is 0 Å². The van der Waals surface area contributed by atoms with Crippen LogP contribution in [0.4, 0.5) is 0 Å². The highest BCUT2D eigenvalue weighted by Crippen LogP contribution is 2.41. The van der Waals surface area contributed by atoms with Gasteiger partial charge in [0.05, 0.1) is 5.41 Å². The number of aliphatic carboxylic acids is 1. The van der Waals surface area contributed by atoms with E-state index >= 15 is 0 Å². The summed E-state index contributed by atoms with van der Waals surface area (Å²) >= 11 is 0. The highest BCUT2D eigenvalue weighted by atomic mass is 16.4. The minimum absolute atomic E-state index is 0.0295. The lowest BCUT2D eigenvalue weighted by Crippen LogP contribution is -2.38. The number of rotatable bonds is 4. The van der Waals surface area contributed by atoms with E-state index in [0.29, 0.717) is 19.4 Å². The van der Waals surface area contributed by atoms with Gasteiger partial charge in [0.1, 0.15) is 0 Å². The van der Waals surface area contributed by atoms with Gasteiger partial charge in [0, 0.05) is 13.0 Å². The molecule has 0 aromatic carbocycles. The van der Waals surface area contributed by atoms with Crippen LogP contribution in [0.3, 0.4) is 0 Å². The number of carbonyl (C=O) groups excluding carboxylic acids is 1. The van der Waals surface area contributed by atoms with Gasteiger partial charge in [0.15, 0.2) is 0 Å². The van der Waals surface area contributed by atoms with Gasteiger partial charge in [-0.3, -0.25) is 9.59 Å². The molecule has 1 aliphatic rings. The number of hydrogen-bond donors (Lipinski definition) is 2. The normalized spacial score (nSPS) is 19.0. The Bertz CT molecular complexity index is 298. The number of hydrogen-bond acceptors (Lipinski definition) is 2. The van der Waals surface area contributed by atoms with E-state index in [-0.39, 0.29) is 17.7 Å². The molecule has 4 nitrogen and oxygen atoms in total. The third kappa shape index (κ3) is 4.02. The molecule has 1 fully saturated rings. The van der Waals surface area contributed by atoms with Gasteiger partial charge in [0.2, 0.25) is 5.91 Å². The fourth-order valence-electron chi connectivity index (χ4n) is 2.25. The average Bonchev–Trinajstić information content (AvgIpc) is 2.63. The first-order chi connectivity index (χ1) is 7.75. The Morgan fingerprint density at radius 3 is 2.18 bits per heavy atom. The predicted octanol–water partition coefficient (Wildman–Crippen LogP) is 2.18. The number of carboxylic acids is 1. The molecule has 1 amide bonds. The Hall–Kier alpha value is -1.06. The van der Waals surface area contributed by atoms with E-state index in [1.165, 1.54) is 0 Å². The molecule has 0 unspecified atom stereocenters. The van der Waals surface area contributed by atoms with E-state index in [1.54, 1.807) is 0 Å². The molecular formula is C13H23NO3. The molecule has 4 heteroatoms. The standard InChI is InChI=1S/C13H23NO3/c1-12(2,3)9-14-10(15)8-13(11(16)17)6-4-5-7-13/h4-9H2,1-3H3,(H,14,15)(H,16,17). The van der Waals surface area contributed by atoms with Crippen molar-refractivity contribution in [2.45, 2.75) is 52.9 Å². The maximum atomic E-state index is 11.8. The van der Waals surface area contributed by atoms with E-state index in [0.717, 1.165) is 12.8 Å². The van der Waals surface area contributed by atoms with Crippen molar-refractivity contribution in [3.8, 4) is 0 Å². The SMILES string of the molecule is CC(C)(C)CNC(=O)CC1(C(=O)O)CCCC1. The van der Waals surface area contributed by atoms with E-state index in [1.807, 2.05) is 20.8 Å². The summed E-state index contributed by atoms with van der Waals surface area (Å²) in [6.45, 7) is 6.70. The van der Waals surface area contributed by atoms with Crippen molar-refractivity contribution in [2.75, 3.05) is 6.54 Å². The molecule has 1 saturated carbocycles. The largest absolute Gasteiger partial charge is 0.481 e. The van der Waals surface area contributed by atoms with Gasteiger partial charge in [-0.2, -0.15) is 0 Å². The van der Waals surface area contributed by atoms with Crippen LogP contribution in [0, 0.1) is 10.8 Å². The highest BCUT2D eigenvalue weighted by Gasteiger charge is 2.42. The second-order valence-corrected chi connectivity index (χ2v) is 6.31. The van der Waals surface area contributed by atoms with Gasteiger partial charge in [0.25, 0.3) is 0 Å². The maximum Gasteiger partial charge on any atom is 0.310 e. The Balaban J connectivity index is 2.51. The molecule has 0 aliphatic heterocycles. The minimum Gasteiger partial charge on any atom is -0.481 e. The lowest BCUT2D eigenvalue weighted by atomic mass is 9.82. The van der Waals surface area contributed by atoms with Gasteiger partial charge in [-0.1, -0.05) is 33.6 Å². The molecule has 0 heterocycles. The van der Waals surface area contributed by atoms with Gasteiger partial charge >= 0.3 is 5.97 Å². The summed E-state index contributed by atoms with van der Waals surface area (Å²) in [5.41, 5.74) is -0.774. The summed E-state index contributed by atoms with van der Waals surface area (Å²) in [4.78, 5) is 23.1. The van der Waals surface area contributed by atoms with Gasteiger partial charge in [-0.15, -0.1) is 0 Å². The molecule has 0 aromatic rings. The van der Waals surface area contributed by atoms with Crippen molar-refractivity contribution < 1.29 is 14.7 Å². The van der Waals surface area contributed by atoms with E-state index in [4.69, 9.17) is 0 Å². The zero-order valence-corrected chi connectivity index (χ0v) is 11.0. The number of carbonyl (C=O) groups is 2. The van der Waals surface area contributed by atoms with Gasteiger partial charge in [-0.05, 0) is 18.3 Å². The van der Waals surface area contributed by atoms with Crippen molar-refractivity contribution in [1.82, 2.24) is 5.32 Å². The topological polar surface area (TPSA) is 66.4 Å². The summed E-state index contributed by atoms with van der Waals surface area (Å²) in [6.07, 6.45) is 3.21. The van der Waals surface area contributed by atoms with Crippen LogP contribution in [-0.2, 0) is 9.59 Å². The van der Waals surface area contributed by atoms with Crippen molar-refractivity contribution in [2.24, 2.45) is 10.8 Å². The smallest absolute Gasteiger partial charge is 0.310 e. The van der Waals surface area contributed by atoms with Crippen LogP contribution in [0.1, 0.15) is 52.9 Å². The van der Waals surface area contributed by atoms with Crippen molar-refractivity contribution in [3.63, 3.8) is 0 Å². The van der Waals surface area contributed by atoms with Crippen LogP contribution in [0.15, 0.2) is 0 Å². The molecule has 0 aromatic heterocycles. The lowest BCUT2D eigenvalue weighted by molar-refractivity contribution is -0.151. The van der Waals surface area contributed by atoms with Crippen LogP contribution >= 0.6 is 0 Å². The second-order valence-electron chi connectivity index (χ2n) is 6.31. The minimum atomic E-state index is -0.819. The number of amides is 1. The maximum absolute atomic E-state index is 11.8. The van der Waals surface area contributed by atoms with Crippen LogP contribution < -0.4 is 5.32 Å². The fraction of sp³-hybridized carbons (Fsp3) is 0.846. The average molecular weight is 241 g/mol. The van der Waals surface area contributed by atoms with Crippen LogP contribution in [0.2, 0.25) is 0 Å². The summed E-state index contributed by atoms with van der Waals surface area (Å²) in [7, 11) is 0. The quantitative estimate of drug-likeness (QED) is 0.792. The predicted molar refractivity (Wildman–Crippen MR) is 65.6 cm³/mol. The molecule has 0 atom stereocenters. The first-order valence-corrected chi connectivity index (χ1v) is 6.25. The summed E-state index contributed by atoms with van der Waals surface area (Å²) in [6, 6.07) is 0. The molecule has 0 radical (unpaired) electrons. The Kier molecular flexibility index (Phi) is 4.17. The summed E-state index contributed by atoms with van der Waals surface area (Å²) < 4.78 is 0. The second kappa shape index (κ2) is 5.07. The third-order valence-corrected chi connectivity index (χ3v) is 3.33. The highest BCUT2D eigenvalue weighted by molar-refractivity contribution is 5.85.